The Bertz CT molecular complexity index is 766. The van der Waals surface area contributed by atoms with Gasteiger partial charge in [-0.05, 0) is 40.2 Å². The summed E-state index contributed by atoms with van der Waals surface area (Å²) in [5.74, 6) is -0.642. The quantitative estimate of drug-likeness (QED) is 0.894. The maximum Gasteiger partial charge on any atom is 0.262 e. The number of nitrogens with one attached hydrogen (secondary N) is 1. The van der Waals surface area contributed by atoms with Gasteiger partial charge in [-0.25, -0.2) is 12.8 Å². The van der Waals surface area contributed by atoms with E-state index in [-0.39, 0.29) is 9.37 Å². The first-order valence-electron chi connectivity index (χ1n) is 5.90. The maximum absolute atomic E-state index is 13.5. The largest absolute Gasteiger partial charge is 0.376 e. The van der Waals surface area contributed by atoms with Gasteiger partial charge in [0.25, 0.3) is 10.0 Å². The minimum absolute atomic E-state index is 0.156. The van der Waals surface area contributed by atoms with Gasteiger partial charge in [0.2, 0.25) is 0 Å². The molecular weight excluding hydrogens is 361 g/mol. The average Bonchev–Trinajstić information content (AvgIpc) is 2.41. The second-order valence-corrected chi connectivity index (χ2v) is 7.01. The fraction of sp³-hybridized carbons (Fsp3) is 0.154. The van der Waals surface area contributed by atoms with Crippen molar-refractivity contribution in [1.29, 1.82) is 0 Å². The van der Waals surface area contributed by atoms with Crippen molar-refractivity contribution < 1.29 is 12.8 Å². The van der Waals surface area contributed by atoms with Crippen LogP contribution in [0.3, 0.4) is 0 Å². The number of sulfonamides is 1. The monoisotopic (exact) mass is 373 g/mol. The zero-order valence-electron chi connectivity index (χ0n) is 11.3. The second-order valence-electron chi connectivity index (χ2n) is 4.47. The van der Waals surface area contributed by atoms with Crippen molar-refractivity contribution in [2.75, 3.05) is 23.7 Å². The lowest BCUT2D eigenvalue weighted by molar-refractivity contribution is 0.593. The van der Waals surface area contributed by atoms with Crippen LogP contribution in [-0.2, 0) is 10.0 Å². The molecule has 2 aromatic rings. The minimum Gasteiger partial charge on any atom is -0.376 e. The average molecular weight is 374 g/mol. The Morgan fingerprint density at radius 2 is 2.00 bits per heavy atom. The fourth-order valence-electron chi connectivity index (χ4n) is 1.70. The first-order valence-corrected chi connectivity index (χ1v) is 8.18. The first-order chi connectivity index (χ1) is 9.81. The summed E-state index contributed by atoms with van der Waals surface area (Å²) in [7, 11) is -0.318. The highest BCUT2D eigenvalue weighted by Gasteiger charge is 2.18. The number of benzene rings is 1. The van der Waals surface area contributed by atoms with Gasteiger partial charge in [-0.15, -0.1) is 0 Å². The van der Waals surface area contributed by atoms with E-state index in [4.69, 9.17) is 0 Å². The molecule has 0 atom stereocenters. The number of aromatic nitrogens is 1. The van der Waals surface area contributed by atoms with E-state index in [1.807, 2.05) is 0 Å². The highest BCUT2D eigenvalue weighted by molar-refractivity contribution is 9.10. The number of rotatable bonds is 4. The smallest absolute Gasteiger partial charge is 0.262 e. The summed E-state index contributed by atoms with van der Waals surface area (Å²) in [4.78, 5) is 5.50. The summed E-state index contributed by atoms with van der Waals surface area (Å²) in [5.41, 5.74) is 0.983. The van der Waals surface area contributed by atoms with E-state index in [1.54, 1.807) is 31.3 Å². The van der Waals surface area contributed by atoms with E-state index in [9.17, 15) is 12.8 Å². The van der Waals surface area contributed by atoms with E-state index in [0.29, 0.717) is 11.4 Å². The molecule has 0 aliphatic heterocycles. The van der Waals surface area contributed by atoms with Crippen LogP contribution in [0.1, 0.15) is 0 Å². The lowest BCUT2D eigenvalue weighted by atomic mass is 10.3. The Morgan fingerprint density at radius 1 is 1.29 bits per heavy atom. The first kappa shape index (κ1) is 15.7. The Balaban J connectivity index is 2.40. The molecule has 1 N–H and O–H groups in total. The molecule has 0 aliphatic carbocycles. The maximum atomic E-state index is 13.5. The van der Waals surface area contributed by atoms with Crippen LogP contribution in [-0.4, -0.2) is 27.5 Å². The third kappa shape index (κ3) is 3.51. The van der Waals surface area contributed by atoms with E-state index in [2.05, 4.69) is 25.6 Å². The van der Waals surface area contributed by atoms with E-state index >= 15 is 0 Å². The molecule has 0 amide bonds. The number of anilines is 2. The fourth-order valence-corrected chi connectivity index (χ4v) is 3.02. The third-order valence-corrected chi connectivity index (χ3v) is 4.73. The van der Waals surface area contributed by atoms with Gasteiger partial charge >= 0.3 is 0 Å². The topological polar surface area (TPSA) is 62.3 Å². The molecule has 0 saturated carbocycles. The van der Waals surface area contributed by atoms with Crippen LogP contribution in [0.15, 0.2) is 46.0 Å². The summed E-state index contributed by atoms with van der Waals surface area (Å²) in [6.07, 6.45) is 2.97. The van der Waals surface area contributed by atoms with Crippen LogP contribution in [0.25, 0.3) is 0 Å². The van der Waals surface area contributed by atoms with Crippen molar-refractivity contribution >= 4 is 37.3 Å². The van der Waals surface area contributed by atoms with Crippen LogP contribution in [0.5, 0.6) is 0 Å². The number of hydrogen-bond donors (Lipinski definition) is 1. The Labute approximate surface area is 131 Å². The molecule has 0 aliphatic rings. The van der Waals surface area contributed by atoms with E-state index in [1.165, 1.54) is 18.3 Å². The van der Waals surface area contributed by atoms with Gasteiger partial charge in [0.05, 0.1) is 26.9 Å². The molecule has 1 heterocycles. The van der Waals surface area contributed by atoms with Crippen molar-refractivity contribution in [1.82, 2.24) is 4.98 Å². The Kier molecular flexibility index (Phi) is 4.48. The summed E-state index contributed by atoms with van der Waals surface area (Å²) < 4.78 is 40.7. The highest BCUT2D eigenvalue weighted by atomic mass is 79.9. The molecular formula is C13H13BrFN3O2S. The lowest BCUT2D eigenvalue weighted by Crippen LogP contribution is -2.17. The molecule has 0 saturated heterocycles. The summed E-state index contributed by atoms with van der Waals surface area (Å²) in [6, 6.07) is 5.30. The van der Waals surface area contributed by atoms with Crippen LogP contribution in [0.2, 0.25) is 0 Å². The van der Waals surface area contributed by atoms with Crippen molar-refractivity contribution in [2.45, 2.75) is 4.90 Å². The number of nitrogens with zero attached hydrogens (tertiary/aromatic N) is 2. The minimum atomic E-state index is -3.89. The lowest BCUT2D eigenvalue weighted by Gasteiger charge is -2.17. The summed E-state index contributed by atoms with van der Waals surface area (Å²) in [6.45, 7) is 0. The molecule has 1 aromatic carbocycles. The van der Waals surface area contributed by atoms with Crippen molar-refractivity contribution in [3.63, 3.8) is 0 Å². The standard InChI is InChI=1S/C13H13BrFN3O2S/c1-18(2)13-5-6-16-8-12(13)17-21(19,20)9-3-4-10(14)11(15)7-9/h3-8,17H,1-2H3. The predicted octanol–water partition coefficient (Wildman–Crippen LogP) is 2.85. The molecule has 0 fully saturated rings. The van der Waals surface area contributed by atoms with Crippen LogP contribution < -0.4 is 9.62 Å². The molecule has 21 heavy (non-hydrogen) atoms. The number of pyridine rings is 1. The third-order valence-electron chi connectivity index (χ3n) is 2.73. The number of halogens is 2. The Hall–Kier alpha value is -1.67. The van der Waals surface area contributed by atoms with Crippen LogP contribution >= 0.6 is 15.9 Å². The molecule has 0 spiro atoms. The zero-order chi connectivity index (χ0) is 15.6. The van der Waals surface area contributed by atoms with Crippen molar-refractivity contribution in [3.05, 3.63) is 46.9 Å². The Morgan fingerprint density at radius 3 is 2.62 bits per heavy atom. The van der Waals surface area contributed by atoms with E-state index < -0.39 is 15.8 Å². The van der Waals surface area contributed by atoms with Gasteiger partial charge in [-0.3, -0.25) is 9.71 Å². The van der Waals surface area contributed by atoms with Gasteiger partial charge in [0.1, 0.15) is 5.82 Å². The molecule has 0 bridgehead atoms. The van der Waals surface area contributed by atoms with Crippen LogP contribution in [0, 0.1) is 5.82 Å². The molecule has 1 aromatic heterocycles. The van der Waals surface area contributed by atoms with Gasteiger partial charge in [-0.1, -0.05) is 0 Å². The van der Waals surface area contributed by atoms with Gasteiger partial charge in [0.15, 0.2) is 0 Å². The second kappa shape index (κ2) is 5.98. The van der Waals surface area contributed by atoms with Gasteiger partial charge in [0, 0.05) is 20.3 Å². The number of hydrogen-bond acceptors (Lipinski definition) is 4. The molecule has 0 radical (unpaired) electrons. The summed E-state index contributed by atoms with van der Waals surface area (Å²) in [5, 5.41) is 0. The zero-order valence-corrected chi connectivity index (χ0v) is 13.7. The molecule has 112 valence electrons. The SMILES string of the molecule is CN(C)c1ccncc1NS(=O)(=O)c1ccc(Br)c(F)c1. The normalized spacial score (nSPS) is 11.2. The van der Waals surface area contributed by atoms with Gasteiger partial charge < -0.3 is 4.90 Å². The predicted molar refractivity (Wildman–Crippen MR) is 83.5 cm³/mol. The van der Waals surface area contributed by atoms with Crippen molar-refractivity contribution in [3.8, 4) is 0 Å². The van der Waals surface area contributed by atoms with Gasteiger partial charge in [-0.2, -0.15) is 0 Å². The summed E-state index contributed by atoms with van der Waals surface area (Å²) >= 11 is 2.99. The van der Waals surface area contributed by atoms with Crippen LogP contribution in [0.4, 0.5) is 15.8 Å². The highest BCUT2D eigenvalue weighted by Crippen LogP contribution is 2.26. The molecule has 8 heteroatoms. The molecule has 5 nitrogen and oxygen atoms in total. The van der Waals surface area contributed by atoms with Crippen molar-refractivity contribution in [2.24, 2.45) is 0 Å². The van der Waals surface area contributed by atoms with E-state index in [0.717, 1.165) is 6.07 Å². The molecule has 0 unspecified atom stereocenters. The molecule has 2 rings (SSSR count).